The highest BCUT2D eigenvalue weighted by Crippen LogP contribution is 2.12. The Labute approximate surface area is 180 Å². The first kappa shape index (κ1) is 27.9. The summed E-state index contributed by atoms with van der Waals surface area (Å²) in [5.41, 5.74) is 0. The van der Waals surface area contributed by atoms with Crippen molar-refractivity contribution in [3.05, 3.63) is 0 Å². The van der Waals surface area contributed by atoms with Crippen molar-refractivity contribution in [1.82, 2.24) is 0 Å². The summed E-state index contributed by atoms with van der Waals surface area (Å²) in [5, 5.41) is 0. The first-order valence-electron chi connectivity index (χ1n) is 12.5. The molecule has 0 aromatic carbocycles. The van der Waals surface area contributed by atoms with E-state index in [4.69, 9.17) is 9.47 Å². The van der Waals surface area contributed by atoms with Gasteiger partial charge in [0, 0.05) is 12.8 Å². The average Bonchev–Trinajstić information content (AvgIpc) is 2.71. The summed E-state index contributed by atoms with van der Waals surface area (Å²) in [5.74, 6) is -0.216. The van der Waals surface area contributed by atoms with Crippen molar-refractivity contribution < 1.29 is 19.1 Å². The second kappa shape index (κ2) is 23.2. The number of carbonyl (C=O) groups is 2. The van der Waals surface area contributed by atoms with Gasteiger partial charge in [0.1, 0.15) is 0 Å². The van der Waals surface area contributed by atoms with Crippen LogP contribution >= 0.6 is 0 Å². The van der Waals surface area contributed by atoms with Crippen LogP contribution in [0.3, 0.4) is 0 Å². The fourth-order valence-electron chi connectivity index (χ4n) is 3.32. The third kappa shape index (κ3) is 23.1. The van der Waals surface area contributed by atoms with E-state index in [1.54, 1.807) is 0 Å². The number of unbranched alkanes of at least 4 members (excludes halogenated alkanes) is 14. The molecule has 4 heteroatoms. The number of esters is 2. The van der Waals surface area contributed by atoms with Crippen LogP contribution in [0.5, 0.6) is 0 Å². The molecule has 29 heavy (non-hydrogen) atoms. The van der Waals surface area contributed by atoms with E-state index in [0.717, 1.165) is 44.9 Å². The van der Waals surface area contributed by atoms with Crippen molar-refractivity contribution >= 4 is 11.9 Å². The zero-order chi connectivity index (χ0) is 21.4. The van der Waals surface area contributed by atoms with Crippen molar-refractivity contribution in [2.75, 3.05) is 13.2 Å². The van der Waals surface area contributed by atoms with Crippen LogP contribution in [0.1, 0.15) is 136 Å². The Bertz CT molecular complexity index is 368. The molecule has 0 radical (unpaired) electrons. The quantitative estimate of drug-likeness (QED) is 0.136. The van der Waals surface area contributed by atoms with Gasteiger partial charge in [0.05, 0.1) is 13.2 Å². The van der Waals surface area contributed by atoms with Gasteiger partial charge in [0.15, 0.2) is 0 Å². The van der Waals surface area contributed by atoms with Crippen molar-refractivity contribution in [2.24, 2.45) is 0 Å². The Balaban J connectivity index is 3.23. The first-order chi connectivity index (χ1) is 14.2. The normalized spacial score (nSPS) is 10.8. The van der Waals surface area contributed by atoms with Gasteiger partial charge in [0.25, 0.3) is 0 Å². The minimum absolute atomic E-state index is 0.0985. The Hall–Kier alpha value is -1.06. The van der Waals surface area contributed by atoms with Crippen LogP contribution in [-0.4, -0.2) is 25.2 Å². The van der Waals surface area contributed by atoms with Gasteiger partial charge in [-0.15, -0.1) is 0 Å². The van der Waals surface area contributed by atoms with Gasteiger partial charge in [-0.25, -0.2) is 0 Å². The highest BCUT2D eigenvalue weighted by molar-refractivity contribution is 5.69. The molecule has 0 aromatic rings. The minimum Gasteiger partial charge on any atom is -0.466 e. The lowest BCUT2D eigenvalue weighted by Gasteiger charge is -2.06. The Morgan fingerprint density at radius 2 is 0.793 bits per heavy atom. The number of carbonyl (C=O) groups excluding carboxylic acids is 2. The SMILES string of the molecule is CCCCCCCCCCCCCCOC(=O)CCCCCC(=O)OCCCC. The van der Waals surface area contributed by atoms with Crippen LogP contribution in [0.15, 0.2) is 0 Å². The first-order valence-corrected chi connectivity index (χ1v) is 12.5. The van der Waals surface area contributed by atoms with E-state index in [1.807, 2.05) is 0 Å². The molecule has 4 nitrogen and oxygen atoms in total. The maximum absolute atomic E-state index is 11.7. The molecule has 0 spiro atoms. The molecule has 0 bridgehead atoms. The van der Waals surface area contributed by atoms with Crippen LogP contribution in [-0.2, 0) is 19.1 Å². The van der Waals surface area contributed by atoms with Crippen LogP contribution in [0, 0.1) is 0 Å². The van der Waals surface area contributed by atoms with Crippen molar-refractivity contribution in [1.29, 1.82) is 0 Å². The van der Waals surface area contributed by atoms with Crippen molar-refractivity contribution in [3.63, 3.8) is 0 Å². The van der Waals surface area contributed by atoms with Crippen LogP contribution in [0.2, 0.25) is 0 Å². The van der Waals surface area contributed by atoms with Crippen LogP contribution in [0.4, 0.5) is 0 Å². The van der Waals surface area contributed by atoms with Gasteiger partial charge >= 0.3 is 11.9 Å². The van der Waals surface area contributed by atoms with E-state index in [9.17, 15) is 9.59 Å². The number of hydrogen-bond donors (Lipinski definition) is 0. The molecule has 0 atom stereocenters. The fourth-order valence-corrected chi connectivity index (χ4v) is 3.32. The number of rotatable bonds is 22. The second-order valence-corrected chi connectivity index (χ2v) is 8.24. The number of hydrogen-bond acceptors (Lipinski definition) is 4. The molecular weight excluding hydrogens is 364 g/mol. The Morgan fingerprint density at radius 1 is 0.448 bits per heavy atom. The van der Waals surface area contributed by atoms with Crippen molar-refractivity contribution in [3.8, 4) is 0 Å². The molecule has 172 valence electrons. The van der Waals surface area contributed by atoms with E-state index in [-0.39, 0.29) is 11.9 Å². The molecule has 0 aromatic heterocycles. The Kier molecular flexibility index (Phi) is 22.4. The molecule has 0 saturated carbocycles. The summed E-state index contributed by atoms with van der Waals surface area (Å²) in [6.45, 7) is 5.42. The molecule has 0 fully saturated rings. The summed E-state index contributed by atoms with van der Waals surface area (Å²) in [7, 11) is 0. The lowest BCUT2D eigenvalue weighted by molar-refractivity contribution is -0.144. The molecule has 0 aliphatic heterocycles. The molecule has 0 saturated heterocycles. The molecule has 0 aliphatic carbocycles. The van der Waals surface area contributed by atoms with E-state index >= 15 is 0 Å². The number of ether oxygens (including phenoxy) is 2. The van der Waals surface area contributed by atoms with Gasteiger partial charge in [-0.05, 0) is 25.7 Å². The molecule has 0 rings (SSSR count). The van der Waals surface area contributed by atoms with E-state index < -0.39 is 0 Å². The molecule has 0 N–H and O–H groups in total. The van der Waals surface area contributed by atoms with Crippen molar-refractivity contribution in [2.45, 2.75) is 136 Å². The van der Waals surface area contributed by atoms with Gasteiger partial charge < -0.3 is 9.47 Å². The lowest BCUT2D eigenvalue weighted by Crippen LogP contribution is -2.07. The predicted octanol–water partition coefficient (Wildman–Crippen LogP) is 7.52. The van der Waals surface area contributed by atoms with Gasteiger partial charge in [-0.3, -0.25) is 9.59 Å². The average molecular weight is 413 g/mol. The van der Waals surface area contributed by atoms with Crippen LogP contribution in [0.25, 0.3) is 0 Å². The molecule has 0 heterocycles. The third-order valence-corrected chi connectivity index (χ3v) is 5.28. The third-order valence-electron chi connectivity index (χ3n) is 5.28. The maximum atomic E-state index is 11.7. The zero-order valence-electron chi connectivity index (χ0n) is 19.5. The summed E-state index contributed by atoms with van der Waals surface area (Å²) in [6, 6.07) is 0. The van der Waals surface area contributed by atoms with Gasteiger partial charge in [0.2, 0.25) is 0 Å². The topological polar surface area (TPSA) is 52.6 Å². The fraction of sp³-hybridized carbons (Fsp3) is 0.920. The lowest BCUT2D eigenvalue weighted by atomic mass is 10.1. The molecular formula is C25H48O4. The smallest absolute Gasteiger partial charge is 0.305 e. The monoisotopic (exact) mass is 412 g/mol. The summed E-state index contributed by atoms with van der Waals surface area (Å²) >= 11 is 0. The standard InChI is InChI=1S/C25H48O4/c1-3-5-7-8-9-10-11-12-13-14-15-19-23-29-25(27)21-18-16-17-20-24(26)28-22-6-4-2/h3-23H2,1-2H3. The van der Waals surface area contributed by atoms with E-state index in [2.05, 4.69) is 13.8 Å². The maximum Gasteiger partial charge on any atom is 0.305 e. The highest BCUT2D eigenvalue weighted by Gasteiger charge is 2.05. The largest absolute Gasteiger partial charge is 0.466 e. The highest BCUT2D eigenvalue weighted by atomic mass is 16.5. The summed E-state index contributed by atoms with van der Waals surface area (Å²) < 4.78 is 10.4. The predicted molar refractivity (Wildman–Crippen MR) is 121 cm³/mol. The minimum atomic E-state index is -0.118. The van der Waals surface area contributed by atoms with Gasteiger partial charge in [-0.2, -0.15) is 0 Å². The summed E-state index contributed by atoms with van der Waals surface area (Å²) in [4.78, 5) is 23.2. The summed E-state index contributed by atoms with van der Waals surface area (Å²) in [6.07, 6.45) is 21.1. The molecule has 0 amide bonds. The van der Waals surface area contributed by atoms with Gasteiger partial charge in [-0.1, -0.05) is 97.3 Å². The van der Waals surface area contributed by atoms with Crippen LogP contribution < -0.4 is 0 Å². The second-order valence-electron chi connectivity index (χ2n) is 8.24. The Morgan fingerprint density at radius 3 is 1.24 bits per heavy atom. The molecule has 0 unspecified atom stereocenters. The molecule has 0 aliphatic rings. The van der Waals surface area contributed by atoms with E-state index in [1.165, 1.54) is 64.2 Å². The van der Waals surface area contributed by atoms with E-state index in [0.29, 0.717) is 26.1 Å². The zero-order valence-corrected chi connectivity index (χ0v) is 19.5.